The molecule has 90 valence electrons. The summed E-state index contributed by atoms with van der Waals surface area (Å²) in [6, 6.07) is 4.79. The Kier molecular flexibility index (Phi) is 3.14. The van der Waals surface area contributed by atoms with E-state index in [2.05, 4.69) is 21.2 Å². The minimum absolute atomic E-state index is 0.338. The van der Waals surface area contributed by atoms with Crippen LogP contribution in [0.2, 0.25) is 5.02 Å². The number of nitrogens with one attached hydrogen (secondary N) is 1. The highest BCUT2D eigenvalue weighted by Gasteiger charge is 2.51. The van der Waals surface area contributed by atoms with E-state index >= 15 is 0 Å². The number of benzene rings is 1. The molecule has 1 aliphatic carbocycles. The maximum atomic E-state index is 11.9. The Bertz CT molecular complexity index is 499. The molecule has 1 aromatic carbocycles. The first-order valence-corrected chi connectivity index (χ1v) is 6.13. The first-order chi connectivity index (χ1) is 7.94. The lowest BCUT2D eigenvalue weighted by atomic mass is 10.2. The van der Waals surface area contributed by atoms with Crippen LogP contribution in [0.1, 0.15) is 23.2 Å². The third-order valence-electron chi connectivity index (χ3n) is 2.69. The summed E-state index contributed by atoms with van der Waals surface area (Å²) in [4.78, 5) is 22.9. The Morgan fingerprint density at radius 2 is 2.06 bits per heavy atom. The van der Waals surface area contributed by atoms with E-state index in [1.807, 2.05) is 0 Å². The fourth-order valence-corrected chi connectivity index (χ4v) is 2.07. The molecule has 1 amide bonds. The van der Waals surface area contributed by atoms with Gasteiger partial charge in [-0.2, -0.15) is 0 Å². The Morgan fingerprint density at radius 3 is 2.59 bits per heavy atom. The van der Waals surface area contributed by atoms with Gasteiger partial charge in [0.05, 0.1) is 5.56 Å². The first kappa shape index (κ1) is 12.4. The second-order valence-electron chi connectivity index (χ2n) is 3.97. The SMILES string of the molecule is O=C(NC1(C(=O)O)CC1)c1cc(Cl)ccc1Br. The predicted octanol–water partition coefficient (Wildman–Crippen LogP) is 2.45. The molecule has 0 heterocycles. The summed E-state index contributed by atoms with van der Waals surface area (Å²) in [6.45, 7) is 0. The highest BCUT2D eigenvalue weighted by atomic mass is 79.9. The summed E-state index contributed by atoms with van der Waals surface area (Å²) in [5, 5.41) is 11.9. The standard InChI is InChI=1S/C11H9BrClNO3/c12-8-2-1-6(13)5-7(8)9(15)14-11(3-4-11)10(16)17/h1-2,5H,3-4H2,(H,14,15)(H,16,17). The second kappa shape index (κ2) is 4.31. The van der Waals surface area contributed by atoms with E-state index in [4.69, 9.17) is 16.7 Å². The number of rotatable bonds is 3. The van der Waals surface area contributed by atoms with Gasteiger partial charge < -0.3 is 10.4 Å². The van der Waals surface area contributed by atoms with Gasteiger partial charge in [0.2, 0.25) is 0 Å². The van der Waals surface area contributed by atoms with Crippen molar-refractivity contribution in [2.24, 2.45) is 0 Å². The minimum Gasteiger partial charge on any atom is -0.480 e. The van der Waals surface area contributed by atoms with Crippen LogP contribution in [-0.2, 0) is 4.79 Å². The third kappa shape index (κ3) is 2.45. The minimum atomic E-state index is -1.08. The average molecular weight is 319 g/mol. The molecule has 1 aliphatic rings. The number of hydrogen-bond donors (Lipinski definition) is 2. The summed E-state index contributed by atoms with van der Waals surface area (Å²) in [6.07, 6.45) is 0.929. The van der Waals surface area contributed by atoms with Gasteiger partial charge in [-0.15, -0.1) is 0 Å². The zero-order valence-corrected chi connectivity index (χ0v) is 11.0. The van der Waals surface area contributed by atoms with Gasteiger partial charge in [-0.05, 0) is 47.0 Å². The molecule has 0 bridgehead atoms. The van der Waals surface area contributed by atoms with Crippen molar-refractivity contribution in [2.45, 2.75) is 18.4 Å². The zero-order valence-electron chi connectivity index (χ0n) is 8.67. The number of carboxylic acids is 1. The van der Waals surface area contributed by atoms with Crippen molar-refractivity contribution in [3.05, 3.63) is 33.3 Å². The van der Waals surface area contributed by atoms with Gasteiger partial charge >= 0.3 is 5.97 Å². The summed E-state index contributed by atoms with van der Waals surface area (Å²) < 4.78 is 0.584. The molecule has 0 aliphatic heterocycles. The highest BCUT2D eigenvalue weighted by Crippen LogP contribution is 2.36. The number of halogens is 2. The number of aliphatic carboxylic acids is 1. The molecule has 4 nitrogen and oxygen atoms in total. The largest absolute Gasteiger partial charge is 0.480 e. The van der Waals surface area contributed by atoms with E-state index in [1.165, 1.54) is 6.07 Å². The molecule has 2 N–H and O–H groups in total. The molecule has 17 heavy (non-hydrogen) atoms. The van der Waals surface area contributed by atoms with Gasteiger partial charge in [0.15, 0.2) is 0 Å². The Balaban J connectivity index is 2.21. The first-order valence-electron chi connectivity index (χ1n) is 4.95. The summed E-state index contributed by atoms with van der Waals surface area (Å²) >= 11 is 9.02. The van der Waals surface area contributed by atoms with Crippen molar-refractivity contribution < 1.29 is 14.7 Å². The number of amides is 1. The summed E-state index contributed by atoms with van der Waals surface area (Å²) in [7, 11) is 0. The maximum absolute atomic E-state index is 11.9. The quantitative estimate of drug-likeness (QED) is 0.899. The van der Waals surface area contributed by atoms with Crippen LogP contribution in [0.25, 0.3) is 0 Å². The van der Waals surface area contributed by atoms with Crippen LogP contribution in [0.5, 0.6) is 0 Å². The van der Waals surface area contributed by atoms with E-state index in [0.717, 1.165) is 0 Å². The Hall–Kier alpha value is -1.07. The van der Waals surface area contributed by atoms with E-state index in [0.29, 0.717) is 27.9 Å². The van der Waals surface area contributed by atoms with Gasteiger partial charge in [-0.3, -0.25) is 4.79 Å². The second-order valence-corrected chi connectivity index (χ2v) is 5.26. The van der Waals surface area contributed by atoms with Crippen LogP contribution in [0, 0.1) is 0 Å². The number of hydrogen-bond acceptors (Lipinski definition) is 2. The molecular formula is C11H9BrClNO3. The van der Waals surface area contributed by atoms with Crippen LogP contribution in [-0.4, -0.2) is 22.5 Å². The lowest BCUT2D eigenvalue weighted by molar-refractivity contribution is -0.140. The average Bonchev–Trinajstić information content (AvgIpc) is 3.02. The van der Waals surface area contributed by atoms with Crippen LogP contribution in [0.3, 0.4) is 0 Å². The molecular weight excluding hydrogens is 309 g/mol. The van der Waals surface area contributed by atoms with Crippen molar-refractivity contribution in [2.75, 3.05) is 0 Å². The Morgan fingerprint density at radius 1 is 1.41 bits per heavy atom. The van der Waals surface area contributed by atoms with Gasteiger partial charge in [-0.1, -0.05) is 11.6 Å². The number of carbonyl (C=O) groups is 2. The van der Waals surface area contributed by atoms with Gasteiger partial charge in [-0.25, -0.2) is 4.79 Å². The summed E-state index contributed by atoms with van der Waals surface area (Å²) in [5.41, 5.74) is -0.746. The molecule has 0 spiro atoms. The van der Waals surface area contributed by atoms with Crippen molar-refractivity contribution in [1.82, 2.24) is 5.32 Å². The summed E-state index contributed by atoms with van der Waals surface area (Å²) in [5.74, 6) is -1.43. The van der Waals surface area contributed by atoms with Crippen molar-refractivity contribution in [3.8, 4) is 0 Å². The number of carbonyl (C=O) groups excluding carboxylic acids is 1. The molecule has 1 saturated carbocycles. The molecule has 1 fully saturated rings. The monoisotopic (exact) mass is 317 g/mol. The van der Waals surface area contributed by atoms with Crippen molar-refractivity contribution in [3.63, 3.8) is 0 Å². The molecule has 0 unspecified atom stereocenters. The normalized spacial score (nSPS) is 16.4. The molecule has 2 rings (SSSR count). The zero-order chi connectivity index (χ0) is 12.6. The van der Waals surface area contributed by atoms with E-state index in [1.54, 1.807) is 12.1 Å². The van der Waals surface area contributed by atoms with Crippen molar-refractivity contribution >= 4 is 39.4 Å². The Labute approximate surface area is 111 Å². The van der Waals surface area contributed by atoms with E-state index in [-0.39, 0.29) is 0 Å². The van der Waals surface area contributed by atoms with E-state index < -0.39 is 17.4 Å². The smallest absolute Gasteiger partial charge is 0.329 e. The van der Waals surface area contributed by atoms with Gasteiger partial charge in [0.25, 0.3) is 5.91 Å². The highest BCUT2D eigenvalue weighted by molar-refractivity contribution is 9.10. The fraction of sp³-hybridized carbons (Fsp3) is 0.273. The molecule has 1 aromatic rings. The molecule has 0 radical (unpaired) electrons. The van der Waals surface area contributed by atoms with Crippen LogP contribution >= 0.6 is 27.5 Å². The molecule has 0 saturated heterocycles. The number of carboxylic acid groups (broad SMARTS) is 1. The van der Waals surface area contributed by atoms with Gasteiger partial charge in [0.1, 0.15) is 5.54 Å². The predicted molar refractivity (Wildman–Crippen MR) is 66.2 cm³/mol. The molecule has 0 aromatic heterocycles. The lowest BCUT2D eigenvalue weighted by Gasteiger charge is -2.13. The molecule has 6 heteroatoms. The van der Waals surface area contributed by atoms with Crippen molar-refractivity contribution in [1.29, 1.82) is 0 Å². The van der Waals surface area contributed by atoms with Gasteiger partial charge in [0, 0.05) is 9.50 Å². The van der Waals surface area contributed by atoms with Crippen LogP contribution < -0.4 is 5.32 Å². The van der Waals surface area contributed by atoms with Crippen LogP contribution in [0.15, 0.2) is 22.7 Å². The lowest BCUT2D eigenvalue weighted by Crippen LogP contribution is -2.43. The van der Waals surface area contributed by atoms with E-state index in [9.17, 15) is 9.59 Å². The fourth-order valence-electron chi connectivity index (χ4n) is 1.47. The topological polar surface area (TPSA) is 66.4 Å². The maximum Gasteiger partial charge on any atom is 0.329 e. The molecule has 0 atom stereocenters. The third-order valence-corrected chi connectivity index (χ3v) is 3.61. The van der Waals surface area contributed by atoms with Crippen LogP contribution in [0.4, 0.5) is 0 Å².